The third-order valence-electron chi connectivity index (χ3n) is 3.52. The van der Waals surface area contributed by atoms with Gasteiger partial charge in [0.25, 0.3) is 5.91 Å². The Labute approximate surface area is 114 Å². The number of amides is 1. The highest BCUT2D eigenvalue weighted by molar-refractivity contribution is 5.99. The SMILES string of the molecule is CCCC(N)Cc1ccc2c(c1)N(C)C(=O)C(C)O2. The summed E-state index contributed by atoms with van der Waals surface area (Å²) in [6, 6.07) is 6.15. The summed E-state index contributed by atoms with van der Waals surface area (Å²) in [5, 5.41) is 0. The lowest BCUT2D eigenvalue weighted by Gasteiger charge is -2.30. The van der Waals surface area contributed by atoms with Crippen molar-refractivity contribution < 1.29 is 9.53 Å². The number of rotatable bonds is 4. The zero-order valence-electron chi connectivity index (χ0n) is 11.8. The van der Waals surface area contributed by atoms with Crippen LogP contribution in [0.1, 0.15) is 32.3 Å². The molecule has 1 aromatic carbocycles. The highest BCUT2D eigenvalue weighted by Crippen LogP contribution is 2.34. The largest absolute Gasteiger partial charge is 0.479 e. The van der Waals surface area contributed by atoms with E-state index in [1.54, 1.807) is 18.9 Å². The molecule has 1 amide bonds. The summed E-state index contributed by atoms with van der Waals surface area (Å²) in [5.41, 5.74) is 8.05. The van der Waals surface area contributed by atoms with E-state index >= 15 is 0 Å². The van der Waals surface area contributed by atoms with E-state index < -0.39 is 6.10 Å². The smallest absolute Gasteiger partial charge is 0.267 e. The van der Waals surface area contributed by atoms with Gasteiger partial charge in [-0.2, -0.15) is 0 Å². The summed E-state index contributed by atoms with van der Waals surface area (Å²) in [5.74, 6) is 0.755. The number of hydrogen-bond acceptors (Lipinski definition) is 3. The van der Waals surface area contributed by atoms with E-state index in [2.05, 4.69) is 6.92 Å². The van der Waals surface area contributed by atoms with Crippen LogP contribution in [0.2, 0.25) is 0 Å². The van der Waals surface area contributed by atoms with Crippen molar-refractivity contribution in [3.05, 3.63) is 23.8 Å². The summed E-state index contributed by atoms with van der Waals surface area (Å²) in [7, 11) is 1.79. The van der Waals surface area contributed by atoms with Crippen molar-refractivity contribution in [2.24, 2.45) is 5.73 Å². The van der Waals surface area contributed by atoms with Gasteiger partial charge in [0.05, 0.1) is 5.69 Å². The van der Waals surface area contributed by atoms with Crippen LogP contribution in [0.3, 0.4) is 0 Å². The molecule has 2 N–H and O–H groups in total. The van der Waals surface area contributed by atoms with Gasteiger partial charge < -0.3 is 15.4 Å². The molecule has 0 bridgehead atoms. The molecule has 1 aliphatic rings. The quantitative estimate of drug-likeness (QED) is 0.904. The topological polar surface area (TPSA) is 55.6 Å². The first-order chi connectivity index (χ1) is 9.02. The van der Waals surface area contributed by atoms with Gasteiger partial charge in [-0.3, -0.25) is 4.79 Å². The maximum atomic E-state index is 11.9. The van der Waals surface area contributed by atoms with Crippen molar-refractivity contribution in [3.63, 3.8) is 0 Å². The number of carbonyl (C=O) groups is 1. The number of nitrogens with zero attached hydrogens (tertiary/aromatic N) is 1. The Morgan fingerprint density at radius 2 is 2.21 bits per heavy atom. The Balaban J connectivity index is 2.21. The fourth-order valence-electron chi connectivity index (χ4n) is 2.46. The van der Waals surface area contributed by atoms with E-state index in [4.69, 9.17) is 10.5 Å². The Morgan fingerprint density at radius 3 is 2.89 bits per heavy atom. The lowest BCUT2D eigenvalue weighted by atomic mass is 10.0. The van der Waals surface area contributed by atoms with Gasteiger partial charge >= 0.3 is 0 Å². The standard InChI is InChI=1S/C15H22N2O2/c1-4-5-12(16)8-11-6-7-14-13(9-11)17(3)15(18)10(2)19-14/h6-7,9-10,12H,4-5,8,16H2,1-3H3. The Morgan fingerprint density at radius 1 is 1.47 bits per heavy atom. The molecule has 2 atom stereocenters. The lowest BCUT2D eigenvalue weighted by molar-refractivity contribution is -0.125. The third-order valence-corrected chi connectivity index (χ3v) is 3.52. The molecule has 4 heteroatoms. The second-order valence-electron chi connectivity index (χ2n) is 5.21. The number of nitrogens with two attached hydrogens (primary N) is 1. The number of ether oxygens (including phenoxy) is 1. The number of benzene rings is 1. The number of anilines is 1. The molecular formula is C15H22N2O2. The minimum Gasteiger partial charge on any atom is -0.479 e. The van der Waals surface area contributed by atoms with E-state index in [0.717, 1.165) is 36.3 Å². The molecule has 1 aliphatic heterocycles. The van der Waals surface area contributed by atoms with Gasteiger partial charge in [0.15, 0.2) is 6.10 Å². The molecule has 0 saturated heterocycles. The molecule has 0 saturated carbocycles. The van der Waals surface area contributed by atoms with Crippen LogP contribution in [-0.2, 0) is 11.2 Å². The van der Waals surface area contributed by atoms with Gasteiger partial charge in [-0.25, -0.2) is 0 Å². The second-order valence-corrected chi connectivity index (χ2v) is 5.21. The van der Waals surface area contributed by atoms with Crippen LogP contribution < -0.4 is 15.4 Å². The molecule has 1 aromatic rings. The first-order valence-electron chi connectivity index (χ1n) is 6.85. The molecule has 0 aromatic heterocycles. The number of hydrogen-bond donors (Lipinski definition) is 1. The van der Waals surface area contributed by atoms with Gasteiger partial charge in [-0.05, 0) is 37.5 Å². The van der Waals surface area contributed by atoms with Gasteiger partial charge in [-0.15, -0.1) is 0 Å². The van der Waals surface area contributed by atoms with Crippen LogP contribution in [0.15, 0.2) is 18.2 Å². The van der Waals surface area contributed by atoms with Crippen molar-refractivity contribution in [2.45, 2.75) is 45.3 Å². The maximum Gasteiger partial charge on any atom is 0.267 e. The molecule has 2 rings (SSSR count). The molecule has 19 heavy (non-hydrogen) atoms. The Kier molecular flexibility index (Phi) is 4.10. The lowest BCUT2D eigenvalue weighted by Crippen LogP contribution is -2.42. The van der Waals surface area contributed by atoms with Crippen molar-refractivity contribution in [2.75, 3.05) is 11.9 Å². The van der Waals surface area contributed by atoms with E-state index in [0.29, 0.717) is 0 Å². The highest BCUT2D eigenvalue weighted by atomic mass is 16.5. The summed E-state index contributed by atoms with van der Waals surface area (Å²) < 4.78 is 5.60. The molecule has 4 nitrogen and oxygen atoms in total. The molecule has 104 valence electrons. The third kappa shape index (κ3) is 2.89. The van der Waals surface area contributed by atoms with Crippen LogP contribution in [0, 0.1) is 0 Å². The monoisotopic (exact) mass is 262 g/mol. The van der Waals surface area contributed by atoms with Crippen LogP contribution in [0.25, 0.3) is 0 Å². The fourth-order valence-corrected chi connectivity index (χ4v) is 2.46. The van der Waals surface area contributed by atoms with Crippen molar-refractivity contribution in [1.29, 1.82) is 0 Å². The van der Waals surface area contributed by atoms with Gasteiger partial charge in [0, 0.05) is 13.1 Å². The molecule has 0 radical (unpaired) electrons. The summed E-state index contributed by atoms with van der Waals surface area (Å²) in [4.78, 5) is 13.6. The van der Waals surface area contributed by atoms with Crippen LogP contribution >= 0.6 is 0 Å². The predicted molar refractivity (Wildman–Crippen MR) is 76.5 cm³/mol. The predicted octanol–water partition coefficient (Wildman–Crippen LogP) is 2.10. The normalized spacial score (nSPS) is 19.9. The number of fused-ring (bicyclic) bond motifs is 1. The minimum atomic E-state index is -0.411. The van der Waals surface area contributed by atoms with Crippen molar-refractivity contribution in [1.82, 2.24) is 0 Å². The number of carbonyl (C=O) groups excluding carboxylic acids is 1. The molecule has 0 fully saturated rings. The van der Waals surface area contributed by atoms with Crippen LogP contribution in [0.4, 0.5) is 5.69 Å². The van der Waals surface area contributed by atoms with E-state index in [1.165, 1.54) is 0 Å². The maximum absolute atomic E-state index is 11.9. The number of likely N-dealkylation sites (N-methyl/N-ethyl adjacent to an activating group) is 1. The second kappa shape index (κ2) is 5.61. The summed E-state index contributed by atoms with van der Waals surface area (Å²) in [6.07, 6.45) is 2.52. The molecule has 0 spiro atoms. The summed E-state index contributed by atoms with van der Waals surface area (Å²) >= 11 is 0. The van der Waals surface area contributed by atoms with Crippen molar-refractivity contribution in [3.8, 4) is 5.75 Å². The van der Waals surface area contributed by atoms with Gasteiger partial charge in [-0.1, -0.05) is 19.4 Å². The average Bonchev–Trinajstić information content (AvgIpc) is 2.37. The zero-order valence-corrected chi connectivity index (χ0v) is 11.8. The minimum absolute atomic E-state index is 0.0116. The summed E-state index contributed by atoms with van der Waals surface area (Å²) in [6.45, 7) is 3.90. The molecule has 0 aliphatic carbocycles. The first-order valence-corrected chi connectivity index (χ1v) is 6.85. The van der Waals surface area contributed by atoms with Crippen LogP contribution in [-0.4, -0.2) is 25.1 Å². The fraction of sp³-hybridized carbons (Fsp3) is 0.533. The zero-order chi connectivity index (χ0) is 14.0. The van der Waals surface area contributed by atoms with Gasteiger partial charge in [0.1, 0.15) is 5.75 Å². The Hall–Kier alpha value is -1.55. The molecule has 2 unspecified atom stereocenters. The highest BCUT2D eigenvalue weighted by Gasteiger charge is 2.28. The first kappa shape index (κ1) is 13.9. The molecule has 1 heterocycles. The van der Waals surface area contributed by atoms with Crippen molar-refractivity contribution >= 4 is 11.6 Å². The van der Waals surface area contributed by atoms with Crippen LogP contribution in [0.5, 0.6) is 5.75 Å². The van der Waals surface area contributed by atoms with E-state index in [9.17, 15) is 4.79 Å². The van der Waals surface area contributed by atoms with E-state index in [-0.39, 0.29) is 11.9 Å². The van der Waals surface area contributed by atoms with Gasteiger partial charge in [0.2, 0.25) is 0 Å². The van der Waals surface area contributed by atoms with E-state index in [1.807, 2.05) is 18.2 Å². The average molecular weight is 262 g/mol. The molecular weight excluding hydrogens is 240 g/mol. The Bertz CT molecular complexity index is 473.